The normalized spacial score (nSPS) is 31.9. The van der Waals surface area contributed by atoms with Gasteiger partial charge in [-0.1, -0.05) is 52.0 Å². The first-order valence-electron chi connectivity index (χ1n) is 14.5. The molecule has 6 atom stereocenters. The van der Waals surface area contributed by atoms with Crippen LogP contribution in [-0.4, -0.2) is 47.6 Å². The molecule has 0 fully saturated rings. The minimum absolute atomic E-state index is 0.0126. The first-order chi connectivity index (χ1) is 19.4. The Labute approximate surface area is 242 Å². The van der Waals surface area contributed by atoms with Crippen molar-refractivity contribution < 1.29 is 29.3 Å². The van der Waals surface area contributed by atoms with Crippen molar-refractivity contribution in [2.75, 3.05) is 13.2 Å². The second kappa shape index (κ2) is 14.4. The summed E-state index contributed by atoms with van der Waals surface area (Å²) >= 11 is 0. The van der Waals surface area contributed by atoms with Crippen LogP contribution in [0.1, 0.15) is 66.4 Å². The second-order valence-electron chi connectivity index (χ2n) is 11.7. The number of amides is 2. The summed E-state index contributed by atoms with van der Waals surface area (Å²) in [5.74, 6) is -0.768. The van der Waals surface area contributed by atoms with Crippen molar-refractivity contribution in [2.24, 2.45) is 39.4 Å². The first kappa shape index (κ1) is 32.1. The fourth-order valence-electron chi connectivity index (χ4n) is 5.89. The first-order valence-corrected chi connectivity index (χ1v) is 14.5. The maximum Gasteiger partial charge on any atom is 0.405 e. The van der Waals surface area contributed by atoms with Crippen LogP contribution in [0.4, 0.5) is 4.79 Å². The molecule has 0 radical (unpaired) electrons. The quantitative estimate of drug-likeness (QED) is 0.338. The van der Waals surface area contributed by atoms with Gasteiger partial charge >= 0.3 is 6.09 Å². The highest BCUT2D eigenvalue weighted by molar-refractivity contribution is 5.94. The van der Waals surface area contributed by atoms with Gasteiger partial charge < -0.3 is 25.4 Å². The molecule has 0 aliphatic carbocycles. The van der Waals surface area contributed by atoms with Crippen LogP contribution in [0.25, 0.3) is 0 Å². The summed E-state index contributed by atoms with van der Waals surface area (Å²) in [5.41, 5.74) is 7.12. The molecular formula is C32H45N3O6. The highest BCUT2D eigenvalue weighted by Crippen LogP contribution is 2.29. The summed E-state index contributed by atoms with van der Waals surface area (Å²) in [6.45, 7) is 12.8. The summed E-state index contributed by atoms with van der Waals surface area (Å²) in [5, 5.41) is 22.5. The Morgan fingerprint density at radius 2 is 1.85 bits per heavy atom. The zero-order valence-corrected chi connectivity index (χ0v) is 25.1. The molecule has 1 aromatic rings. The Morgan fingerprint density at radius 1 is 1.12 bits per heavy atom. The molecule has 1 aromatic carbocycles. The summed E-state index contributed by atoms with van der Waals surface area (Å²) in [4.78, 5) is 33.5. The van der Waals surface area contributed by atoms with Gasteiger partial charge in [0.15, 0.2) is 0 Å². The molecule has 9 nitrogen and oxygen atoms in total. The smallest absolute Gasteiger partial charge is 0.405 e. The summed E-state index contributed by atoms with van der Waals surface area (Å²) < 4.78 is 12.0. The van der Waals surface area contributed by atoms with Crippen molar-refractivity contribution in [3.63, 3.8) is 0 Å². The van der Waals surface area contributed by atoms with Crippen molar-refractivity contribution >= 4 is 12.0 Å². The standard InChI is InChI=1S/C32H45N3O6/c1-18-14-21(4)29-22(5)16-23(6)30(41-32(33)39)19(2)10-9-11-20(3)31(38)35-25-17-26(36)27(24(15-18)28(25)37)34-12-7-8-13-40-29/h9-11,16-19,21-22,29-30,36-37H,7-8,12-15H2,1-6H3,(H2,33,39)/b10-9-,20-11+,23-16+,34-27?,35-25?/t18-,19-,21-,22-,29-,30+/m0/s1. The highest BCUT2D eigenvalue weighted by Gasteiger charge is 2.28. The number of hydrogen-bond acceptors (Lipinski definition) is 7. The van der Waals surface area contributed by atoms with E-state index in [4.69, 9.17) is 15.2 Å². The van der Waals surface area contributed by atoms with Crippen molar-refractivity contribution in [2.45, 2.75) is 79.4 Å². The lowest BCUT2D eigenvalue weighted by Crippen LogP contribution is -2.32. The monoisotopic (exact) mass is 567 g/mol. The molecule has 224 valence electrons. The van der Waals surface area contributed by atoms with Gasteiger partial charge in [-0.3, -0.25) is 9.79 Å². The third-order valence-corrected chi connectivity index (χ3v) is 7.88. The number of benzene rings is 1. The van der Waals surface area contributed by atoms with Gasteiger partial charge in [-0.05, 0) is 56.9 Å². The molecule has 2 amide bonds. The van der Waals surface area contributed by atoms with Crippen LogP contribution in [0.5, 0.6) is 11.5 Å². The lowest BCUT2D eigenvalue weighted by molar-refractivity contribution is -0.114. The molecule has 0 aromatic heterocycles. The van der Waals surface area contributed by atoms with Gasteiger partial charge in [-0.25, -0.2) is 9.79 Å². The van der Waals surface area contributed by atoms with E-state index in [2.05, 4.69) is 36.8 Å². The number of nitrogens with two attached hydrogens (primary N) is 1. The van der Waals surface area contributed by atoms with Gasteiger partial charge in [0.25, 0.3) is 5.91 Å². The number of phenolic OH excluding ortho intramolecular Hbond substituents is 2. The third-order valence-electron chi connectivity index (χ3n) is 7.88. The van der Waals surface area contributed by atoms with E-state index in [1.165, 1.54) is 6.07 Å². The zero-order valence-electron chi connectivity index (χ0n) is 25.1. The van der Waals surface area contributed by atoms with Crippen molar-refractivity contribution in [3.8, 4) is 11.5 Å². The van der Waals surface area contributed by atoms with Gasteiger partial charge in [0, 0.05) is 42.2 Å². The van der Waals surface area contributed by atoms with Gasteiger partial charge in [0.1, 0.15) is 28.3 Å². The number of phenols is 2. The minimum atomic E-state index is -0.857. The van der Waals surface area contributed by atoms with Crippen molar-refractivity contribution in [3.05, 3.63) is 57.8 Å². The predicted molar refractivity (Wildman–Crippen MR) is 157 cm³/mol. The number of rotatable bonds is 1. The molecular weight excluding hydrogens is 522 g/mol. The average Bonchev–Trinajstić information content (AvgIpc) is 2.90. The van der Waals surface area contributed by atoms with Gasteiger partial charge in [0.05, 0.1) is 6.10 Å². The van der Waals surface area contributed by atoms with Crippen LogP contribution in [-0.2, 0) is 20.7 Å². The number of aromatic hydroxyl groups is 2. The number of ether oxygens (including phenoxy) is 2. The average molecular weight is 568 g/mol. The summed E-state index contributed by atoms with van der Waals surface area (Å²) in [7, 11) is 0. The topological polar surface area (TPSA) is 144 Å². The highest BCUT2D eigenvalue weighted by atomic mass is 16.6. The van der Waals surface area contributed by atoms with E-state index < -0.39 is 18.1 Å². The van der Waals surface area contributed by atoms with E-state index in [0.717, 1.165) is 24.8 Å². The molecule has 0 saturated carbocycles. The van der Waals surface area contributed by atoms with Crippen molar-refractivity contribution in [1.82, 2.24) is 0 Å². The third kappa shape index (κ3) is 8.52. The fourth-order valence-corrected chi connectivity index (χ4v) is 5.89. The molecule has 3 rings (SSSR count). The van der Waals surface area contributed by atoms with Crippen molar-refractivity contribution in [1.29, 1.82) is 0 Å². The lowest BCUT2D eigenvalue weighted by Gasteiger charge is -2.31. The molecule has 2 aliphatic rings. The molecule has 0 unspecified atom stereocenters. The largest absolute Gasteiger partial charge is 0.506 e. The number of hydrogen-bond donors (Lipinski definition) is 3. The van der Waals surface area contributed by atoms with Gasteiger partial charge in [-0.15, -0.1) is 0 Å². The molecule has 4 N–H and O–H groups in total. The van der Waals surface area contributed by atoms with Gasteiger partial charge in [-0.2, -0.15) is 0 Å². The number of allylic oxidation sites excluding steroid dienone is 2. The molecule has 2 heterocycles. The minimum Gasteiger partial charge on any atom is -0.506 e. The van der Waals surface area contributed by atoms with Crippen LogP contribution in [0.15, 0.2) is 51.5 Å². The van der Waals surface area contributed by atoms with E-state index in [1.54, 1.807) is 19.1 Å². The lowest BCUT2D eigenvalue weighted by atomic mass is 9.83. The van der Waals surface area contributed by atoms with Gasteiger partial charge in [0.2, 0.25) is 0 Å². The Hall–Kier alpha value is -3.46. The fraction of sp³-hybridized carbons (Fsp3) is 0.562. The summed E-state index contributed by atoms with van der Waals surface area (Å²) in [6, 6.07) is 1.30. The van der Waals surface area contributed by atoms with E-state index in [9.17, 15) is 19.8 Å². The predicted octanol–water partition coefficient (Wildman–Crippen LogP) is 4.45. The van der Waals surface area contributed by atoms with E-state index in [-0.39, 0.29) is 46.6 Å². The SMILES string of the molecule is C/C1=C\C=C/[C@H](C)[C@@H](OC(N)=O)/C(C)=C/[C@H](C)[C@H]2OCCCCN=c3c(O)cc(c(O)c3C[C@@H](C)C[C@@H]2C)=NC1=O. The van der Waals surface area contributed by atoms with Crippen LogP contribution in [0.3, 0.4) is 0 Å². The number of primary amides is 1. The zero-order chi connectivity index (χ0) is 30.3. The molecule has 9 heteroatoms. The number of nitrogens with zero attached hydrogens (tertiary/aromatic N) is 2. The van der Waals surface area contributed by atoms with E-state index in [1.807, 2.05) is 19.9 Å². The number of fused-ring (bicyclic) bond motifs is 5. The van der Waals surface area contributed by atoms with Crippen LogP contribution in [0.2, 0.25) is 0 Å². The summed E-state index contributed by atoms with van der Waals surface area (Å²) in [6.07, 6.45) is 8.46. The maximum atomic E-state index is 13.0. The molecule has 0 saturated heterocycles. The number of carbonyl (C=O) groups excluding carboxylic acids is 2. The molecule has 0 spiro atoms. The van der Waals surface area contributed by atoms with Crippen LogP contribution < -0.4 is 16.4 Å². The van der Waals surface area contributed by atoms with E-state index >= 15 is 0 Å². The molecule has 3 bridgehead atoms. The molecule has 2 aliphatic heterocycles. The Balaban J connectivity index is 2.23. The van der Waals surface area contributed by atoms with E-state index in [0.29, 0.717) is 36.1 Å². The second-order valence-corrected chi connectivity index (χ2v) is 11.7. The Bertz CT molecular complexity index is 1330. The molecule has 41 heavy (non-hydrogen) atoms. The van der Waals surface area contributed by atoms with Crippen LogP contribution >= 0.6 is 0 Å². The van der Waals surface area contributed by atoms with Crippen LogP contribution in [0, 0.1) is 23.7 Å². The Kier molecular flexibility index (Phi) is 11.3. The maximum absolute atomic E-state index is 13.0. The number of carbonyl (C=O) groups is 2. The Morgan fingerprint density at radius 3 is 2.56 bits per heavy atom.